The van der Waals surface area contributed by atoms with Gasteiger partial charge in [-0.25, -0.2) is 0 Å². The Morgan fingerprint density at radius 1 is 1.05 bits per heavy atom. The summed E-state index contributed by atoms with van der Waals surface area (Å²) >= 11 is 0. The highest BCUT2D eigenvalue weighted by molar-refractivity contribution is 5.90. The van der Waals surface area contributed by atoms with Gasteiger partial charge in [0.1, 0.15) is 6.29 Å². The van der Waals surface area contributed by atoms with E-state index in [4.69, 9.17) is 4.74 Å². The largest absolute Gasteiger partial charge is 0.358 e. The molecule has 0 saturated carbocycles. The summed E-state index contributed by atoms with van der Waals surface area (Å²) < 4.78 is 5.90. The fourth-order valence-corrected chi connectivity index (χ4v) is 2.53. The second kappa shape index (κ2) is 6.46. The van der Waals surface area contributed by atoms with E-state index in [9.17, 15) is 9.59 Å². The van der Waals surface area contributed by atoms with Crippen LogP contribution in [0.4, 0.5) is 0 Å². The lowest BCUT2D eigenvalue weighted by molar-refractivity contribution is -0.137. The highest BCUT2D eigenvalue weighted by Gasteiger charge is 2.40. The molecule has 0 N–H and O–H groups in total. The molecule has 3 heteroatoms. The highest BCUT2D eigenvalue weighted by atomic mass is 16.5. The van der Waals surface area contributed by atoms with Gasteiger partial charge in [0.2, 0.25) is 0 Å². The first-order valence-corrected chi connectivity index (χ1v) is 6.91. The molecule has 0 aliphatic rings. The van der Waals surface area contributed by atoms with Crippen LogP contribution in [-0.2, 0) is 15.1 Å². The molecule has 0 heterocycles. The van der Waals surface area contributed by atoms with Crippen molar-refractivity contribution >= 4 is 12.1 Å². The molecule has 0 saturated heterocycles. The van der Waals surface area contributed by atoms with E-state index in [1.165, 1.54) is 6.92 Å². The monoisotopic (exact) mass is 282 g/mol. The summed E-state index contributed by atoms with van der Waals surface area (Å²) in [5, 5.41) is 0. The number of Topliss-reactive ketones (excluding diaryl/α,β-unsaturated/α-hetero) is 1. The van der Waals surface area contributed by atoms with Gasteiger partial charge in [0.15, 0.2) is 11.4 Å². The van der Waals surface area contributed by atoms with Crippen molar-refractivity contribution in [3.05, 3.63) is 71.3 Å². The second-order valence-corrected chi connectivity index (χ2v) is 4.78. The Morgan fingerprint density at radius 3 is 2.10 bits per heavy atom. The van der Waals surface area contributed by atoms with Crippen molar-refractivity contribution in [2.24, 2.45) is 0 Å². The molecule has 0 fully saturated rings. The van der Waals surface area contributed by atoms with Gasteiger partial charge >= 0.3 is 0 Å². The fraction of sp³-hybridized carbons (Fsp3) is 0.222. The van der Waals surface area contributed by atoms with Crippen LogP contribution in [0.1, 0.15) is 35.3 Å². The van der Waals surface area contributed by atoms with Gasteiger partial charge in [-0.05, 0) is 25.0 Å². The first kappa shape index (κ1) is 15.1. The number of ether oxygens (including phenoxy) is 1. The maximum Gasteiger partial charge on any atom is 0.176 e. The zero-order valence-corrected chi connectivity index (χ0v) is 12.2. The van der Waals surface area contributed by atoms with Crippen LogP contribution in [-0.4, -0.2) is 18.7 Å². The summed E-state index contributed by atoms with van der Waals surface area (Å²) in [5.74, 6) is -0.0885. The minimum atomic E-state index is -1.13. The summed E-state index contributed by atoms with van der Waals surface area (Å²) in [7, 11) is 0. The SMILES string of the molecule is CCOC(C(C)=O)(c1ccccc1)c1ccc(C=O)cc1. The molecule has 0 amide bonds. The van der Waals surface area contributed by atoms with E-state index in [0.717, 1.165) is 17.4 Å². The Morgan fingerprint density at radius 2 is 1.62 bits per heavy atom. The van der Waals surface area contributed by atoms with E-state index in [1.54, 1.807) is 24.3 Å². The Hall–Kier alpha value is -2.26. The molecule has 0 aromatic heterocycles. The highest BCUT2D eigenvalue weighted by Crippen LogP contribution is 2.34. The van der Waals surface area contributed by atoms with Crippen molar-refractivity contribution in [3.63, 3.8) is 0 Å². The number of carbonyl (C=O) groups is 2. The maximum atomic E-state index is 12.4. The number of ketones is 1. The average Bonchev–Trinajstić information content (AvgIpc) is 2.53. The van der Waals surface area contributed by atoms with Gasteiger partial charge in [-0.15, -0.1) is 0 Å². The van der Waals surface area contributed by atoms with E-state index >= 15 is 0 Å². The topological polar surface area (TPSA) is 43.4 Å². The second-order valence-electron chi connectivity index (χ2n) is 4.78. The Balaban J connectivity index is 2.63. The third-order valence-corrected chi connectivity index (χ3v) is 3.49. The van der Waals surface area contributed by atoms with Crippen molar-refractivity contribution in [2.45, 2.75) is 19.4 Å². The molecule has 21 heavy (non-hydrogen) atoms. The smallest absolute Gasteiger partial charge is 0.176 e. The van der Waals surface area contributed by atoms with E-state index in [-0.39, 0.29) is 5.78 Å². The summed E-state index contributed by atoms with van der Waals surface area (Å²) in [6.07, 6.45) is 0.780. The van der Waals surface area contributed by atoms with E-state index in [1.807, 2.05) is 37.3 Å². The van der Waals surface area contributed by atoms with Crippen molar-refractivity contribution < 1.29 is 14.3 Å². The van der Waals surface area contributed by atoms with E-state index in [2.05, 4.69) is 0 Å². The molecule has 3 nitrogen and oxygen atoms in total. The normalized spacial score (nSPS) is 13.4. The van der Waals surface area contributed by atoms with Gasteiger partial charge in [0, 0.05) is 12.2 Å². The van der Waals surface area contributed by atoms with Gasteiger partial charge in [0.25, 0.3) is 0 Å². The Labute approximate surface area is 124 Å². The molecule has 108 valence electrons. The van der Waals surface area contributed by atoms with Crippen LogP contribution in [0.15, 0.2) is 54.6 Å². The van der Waals surface area contributed by atoms with Crippen LogP contribution in [0.25, 0.3) is 0 Å². The average molecular weight is 282 g/mol. The predicted octanol–water partition coefficient (Wildman–Crippen LogP) is 3.37. The minimum Gasteiger partial charge on any atom is -0.358 e. The fourth-order valence-electron chi connectivity index (χ4n) is 2.53. The lowest BCUT2D eigenvalue weighted by Crippen LogP contribution is -2.38. The summed E-state index contributed by atoms with van der Waals surface area (Å²) in [6.45, 7) is 3.79. The number of carbonyl (C=O) groups excluding carboxylic acids is 2. The van der Waals surface area contributed by atoms with Gasteiger partial charge in [-0.1, -0.05) is 54.6 Å². The number of aldehydes is 1. The van der Waals surface area contributed by atoms with Gasteiger partial charge in [-0.2, -0.15) is 0 Å². The van der Waals surface area contributed by atoms with Gasteiger partial charge in [0.05, 0.1) is 0 Å². The van der Waals surface area contributed by atoms with E-state index < -0.39 is 5.60 Å². The molecule has 0 spiro atoms. The van der Waals surface area contributed by atoms with Crippen LogP contribution >= 0.6 is 0 Å². The zero-order chi connectivity index (χ0) is 15.3. The van der Waals surface area contributed by atoms with Gasteiger partial charge < -0.3 is 4.74 Å². The Kier molecular flexibility index (Phi) is 4.66. The summed E-state index contributed by atoms with van der Waals surface area (Å²) in [6, 6.07) is 16.4. The molecule has 1 unspecified atom stereocenters. The third kappa shape index (κ3) is 2.78. The molecule has 2 aromatic rings. The molecule has 0 aliphatic heterocycles. The first-order valence-electron chi connectivity index (χ1n) is 6.91. The molecule has 0 bridgehead atoms. The quantitative estimate of drug-likeness (QED) is 0.763. The van der Waals surface area contributed by atoms with Crippen LogP contribution < -0.4 is 0 Å². The molecule has 2 aromatic carbocycles. The summed E-state index contributed by atoms with van der Waals surface area (Å²) in [5.41, 5.74) is 0.963. The molecular weight excluding hydrogens is 264 g/mol. The number of rotatable bonds is 6. The molecule has 1 atom stereocenters. The van der Waals surface area contributed by atoms with Gasteiger partial charge in [-0.3, -0.25) is 9.59 Å². The molecular formula is C18H18O3. The molecule has 0 radical (unpaired) electrons. The lowest BCUT2D eigenvalue weighted by Gasteiger charge is -2.32. The third-order valence-electron chi connectivity index (χ3n) is 3.49. The van der Waals surface area contributed by atoms with Crippen molar-refractivity contribution in [3.8, 4) is 0 Å². The summed E-state index contributed by atoms with van der Waals surface area (Å²) in [4.78, 5) is 23.2. The van der Waals surface area contributed by atoms with Crippen LogP contribution in [0, 0.1) is 0 Å². The van der Waals surface area contributed by atoms with Crippen LogP contribution in [0.3, 0.4) is 0 Å². The Bertz CT molecular complexity index is 617. The standard InChI is InChI=1S/C18H18O3/c1-3-21-18(14(2)20,16-7-5-4-6-8-16)17-11-9-15(13-19)10-12-17/h4-13H,3H2,1-2H3. The van der Waals surface area contributed by atoms with Crippen molar-refractivity contribution in [2.75, 3.05) is 6.61 Å². The number of hydrogen-bond acceptors (Lipinski definition) is 3. The first-order chi connectivity index (χ1) is 10.1. The minimum absolute atomic E-state index is 0.0885. The maximum absolute atomic E-state index is 12.4. The number of hydrogen-bond donors (Lipinski definition) is 0. The zero-order valence-electron chi connectivity index (χ0n) is 12.2. The van der Waals surface area contributed by atoms with Crippen molar-refractivity contribution in [1.82, 2.24) is 0 Å². The van der Waals surface area contributed by atoms with Crippen LogP contribution in [0.2, 0.25) is 0 Å². The number of benzene rings is 2. The van der Waals surface area contributed by atoms with Crippen LogP contribution in [0.5, 0.6) is 0 Å². The van der Waals surface area contributed by atoms with Crippen molar-refractivity contribution in [1.29, 1.82) is 0 Å². The molecule has 0 aliphatic carbocycles. The molecule has 2 rings (SSSR count). The van der Waals surface area contributed by atoms with E-state index in [0.29, 0.717) is 12.2 Å². The lowest BCUT2D eigenvalue weighted by atomic mass is 9.82. The predicted molar refractivity (Wildman–Crippen MR) is 81.4 cm³/mol.